The minimum Gasteiger partial charge on any atom is -0.396 e. The first-order chi connectivity index (χ1) is 7.92. The highest BCUT2D eigenvalue weighted by molar-refractivity contribution is 5.89. The molecule has 0 spiro atoms. The van der Waals surface area contributed by atoms with E-state index >= 15 is 0 Å². The number of oxime groups is 1. The predicted octanol–water partition coefficient (Wildman–Crippen LogP) is 2.81. The molecule has 1 unspecified atom stereocenters. The fraction of sp³-hybridized carbons (Fsp3) is 0.923. The van der Waals surface area contributed by atoms with E-state index in [1.807, 2.05) is 6.92 Å². The molecular formula is C13H24N2O. The van der Waals surface area contributed by atoms with Crippen LogP contribution in [0.15, 0.2) is 5.16 Å². The van der Waals surface area contributed by atoms with Crippen LogP contribution in [-0.2, 0) is 4.84 Å². The zero-order valence-electron chi connectivity index (χ0n) is 10.5. The standard InChI is InChI=1S/C13H24N2O/c1-2-16-14-12-8-4-5-9-13(12)15-10-6-3-7-11-15/h13H,2-11H2,1H3. The van der Waals surface area contributed by atoms with Crippen LogP contribution in [0.2, 0.25) is 0 Å². The average Bonchev–Trinajstić information content (AvgIpc) is 2.38. The maximum absolute atomic E-state index is 5.26. The van der Waals surface area contributed by atoms with Crippen LogP contribution in [0.5, 0.6) is 0 Å². The summed E-state index contributed by atoms with van der Waals surface area (Å²) in [5.41, 5.74) is 1.30. The molecule has 1 atom stereocenters. The zero-order valence-corrected chi connectivity index (χ0v) is 10.5. The molecule has 1 aliphatic heterocycles. The molecule has 0 aromatic heterocycles. The third kappa shape index (κ3) is 2.97. The van der Waals surface area contributed by atoms with Gasteiger partial charge in [-0.1, -0.05) is 18.0 Å². The topological polar surface area (TPSA) is 24.8 Å². The first kappa shape index (κ1) is 11.9. The van der Waals surface area contributed by atoms with Crippen molar-refractivity contribution >= 4 is 5.71 Å². The Labute approximate surface area is 98.8 Å². The Morgan fingerprint density at radius 1 is 1.19 bits per heavy atom. The Balaban J connectivity index is 1.97. The van der Waals surface area contributed by atoms with Crippen molar-refractivity contribution in [3.8, 4) is 0 Å². The van der Waals surface area contributed by atoms with Crippen molar-refractivity contribution in [2.24, 2.45) is 5.16 Å². The van der Waals surface area contributed by atoms with Gasteiger partial charge in [0.1, 0.15) is 6.61 Å². The van der Waals surface area contributed by atoms with E-state index in [2.05, 4.69) is 10.1 Å². The number of likely N-dealkylation sites (tertiary alicyclic amines) is 1. The third-order valence-corrected chi connectivity index (χ3v) is 3.69. The lowest BCUT2D eigenvalue weighted by molar-refractivity contribution is 0.143. The maximum Gasteiger partial charge on any atom is 0.114 e. The van der Waals surface area contributed by atoms with E-state index in [0.29, 0.717) is 12.6 Å². The number of nitrogens with zero attached hydrogens (tertiary/aromatic N) is 2. The van der Waals surface area contributed by atoms with Crippen LogP contribution in [0.4, 0.5) is 0 Å². The van der Waals surface area contributed by atoms with Crippen molar-refractivity contribution < 1.29 is 4.84 Å². The second kappa shape index (κ2) is 6.24. The molecule has 2 rings (SSSR count). The molecule has 0 aromatic rings. The Morgan fingerprint density at radius 3 is 2.75 bits per heavy atom. The van der Waals surface area contributed by atoms with E-state index in [0.717, 1.165) is 6.42 Å². The number of hydrogen-bond donors (Lipinski definition) is 0. The molecule has 0 radical (unpaired) electrons. The molecule has 2 fully saturated rings. The van der Waals surface area contributed by atoms with E-state index in [1.165, 1.54) is 57.3 Å². The van der Waals surface area contributed by atoms with Crippen LogP contribution in [0, 0.1) is 0 Å². The van der Waals surface area contributed by atoms with Gasteiger partial charge >= 0.3 is 0 Å². The molecule has 92 valence electrons. The number of rotatable bonds is 3. The third-order valence-electron chi connectivity index (χ3n) is 3.69. The van der Waals surface area contributed by atoms with Gasteiger partial charge in [-0.05, 0) is 52.1 Å². The molecular weight excluding hydrogens is 200 g/mol. The Hall–Kier alpha value is -0.570. The smallest absolute Gasteiger partial charge is 0.114 e. The van der Waals surface area contributed by atoms with Crippen LogP contribution in [0.1, 0.15) is 51.9 Å². The van der Waals surface area contributed by atoms with Crippen molar-refractivity contribution in [3.63, 3.8) is 0 Å². The van der Waals surface area contributed by atoms with Crippen molar-refractivity contribution in [1.29, 1.82) is 0 Å². The van der Waals surface area contributed by atoms with Gasteiger partial charge < -0.3 is 4.84 Å². The summed E-state index contributed by atoms with van der Waals surface area (Å²) in [6.07, 6.45) is 9.19. The van der Waals surface area contributed by atoms with Crippen molar-refractivity contribution in [1.82, 2.24) is 4.90 Å². The van der Waals surface area contributed by atoms with Crippen LogP contribution < -0.4 is 0 Å². The summed E-state index contributed by atoms with van der Waals surface area (Å²) in [6, 6.07) is 0.584. The fourth-order valence-corrected chi connectivity index (χ4v) is 2.85. The lowest BCUT2D eigenvalue weighted by atomic mass is 9.91. The van der Waals surface area contributed by atoms with Gasteiger partial charge in [-0.3, -0.25) is 4.90 Å². The summed E-state index contributed by atoms with van der Waals surface area (Å²) >= 11 is 0. The van der Waals surface area contributed by atoms with Gasteiger partial charge in [0, 0.05) is 0 Å². The van der Waals surface area contributed by atoms with Gasteiger partial charge in [0.25, 0.3) is 0 Å². The minimum atomic E-state index is 0.584. The van der Waals surface area contributed by atoms with E-state index < -0.39 is 0 Å². The normalized spacial score (nSPS) is 30.6. The summed E-state index contributed by atoms with van der Waals surface area (Å²) in [7, 11) is 0. The largest absolute Gasteiger partial charge is 0.396 e. The van der Waals surface area contributed by atoms with Crippen LogP contribution >= 0.6 is 0 Å². The molecule has 1 saturated carbocycles. The molecule has 0 N–H and O–H groups in total. The van der Waals surface area contributed by atoms with E-state index in [9.17, 15) is 0 Å². The molecule has 1 aliphatic carbocycles. The summed E-state index contributed by atoms with van der Waals surface area (Å²) in [4.78, 5) is 7.88. The lowest BCUT2D eigenvalue weighted by Gasteiger charge is -2.37. The zero-order chi connectivity index (χ0) is 11.2. The Kier molecular flexibility index (Phi) is 4.64. The maximum atomic E-state index is 5.26. The predicted molar refractivity (Wildman–Crippen MR) is 66.7 cm³/mol. The first-order valence-corrected chi connectivity index (χ1v) is 6.84. The molecule has 3 nitrogen and oxygen atoms in total. The minimum absolute atomic E-state index is 0.584. The molecule has 16 heavy (non-hydrogen) atoms. The van der Waals surface area contributed by atoms with Crippen LogP contribution in [-0.4, -0.2) is 36.3 Å². The molecule has 0 amide bonds. The molecule has 0 bridgehead atoms. The van der Waals surface area contributed by atoms with Gasteiger partial charge in [0.15, 0.2) is 0 Å². The molecule has 3 heteroatoms. The highest BCUT2D eigenvalue weighted by Gasteiger charge is 2.27. The SMILES string of the molecule is CCON=C1CCCCC1N1CCCCC1. The van der Waals surface area contributed by atoms with E-state index in [4.69, 9.17) is 4.84 Å². The second-order valence-corrected chi connectivity index (χ2v) is 4.86. The van der Waals surface area contributed by atoms with E-state index in [1.54, 1.807) is 0 Å². The lowest BCUT2D eigenvalue weighted by Crippen LogP contribution is -2.45. The quantitative estimate of drug-likeness (QED) is 0.689. The van der Waals surface area contributed by atoms with Gasteiger partial charge in [0.05, 0.1) is 11.8 Å². The van der Waals surface area contributed by atoms with Gasteiger partial charge in [-0.15, -0.1) is 0 Å². The number of piperidine rings is 1. The van der Waals surface area contributed by atoms with Gasteiger partial charge in [-0.2, -0.15) is 0 Å². The van der Waals surface area contributed by atoms with Crippen LogP contribution in [0.3, 0.4) is 0 Å². The summed E-state index contributed by atoms with van der Waals surface area (Å²) in [6.45, 7) is 5.21. The second-order valence-electron chi connectivity index (χ2n) is 4.86. The average molecular weight is 224 g/mol. The summed E-state index contributed by atoms with van der Waals surface area (Å²) in [5, 5.41) is 4.33. The summed E-state index contributed by atoms with van der Waals surface area (Å²) in [5.74, 6) is 0. The first-order valence-electron chi connectivity index (χ1n) is 6.84. The fourth-order valence-electron chi connectivity index (χ4n) is 2.85. The Bertz CT molecular complexity index is 234. The molecule has 1 heterocycles. The highest BCUT2D eigenvalue weighted by Crippen LogP contribution is 2.24. The molecule has 1 saturated heterocycles. The van der Waals surface area contributed by atoms with Gasteiger partial charge in [-0.25, -0.2) is 0 Å². The molecule has 2 aliphatic rings. The van der Waals surface area contributed by atoms with Crippen molar-refractivity contribution in [2.75, 3.05) is 19.7 Å². The van der Waals surface area contributed by atoms with Gasteiger partial charge in [0.2, 0.25) is 0 Å². The van der Waals surface area contributed by atoms with Crippen LogP contribution in [0.25, 0.3) is 0 Å². The highest BCUT2D eigenvalue weighted by atomic mass is 16.6. The Morgan fingerprint density at radius 2 is 2.00 bits per heavy atom. The summed E-state index contributed by atoms with van der Waals surface area (Å²) < 4.78 is 0. The van der Waals surface area contributed by atoms with Crippen molar-refractivity contribution in [3.05, 3.63) is 0 Å². The number of hydrogen-bond acceptors (Lipinski definition) is 3. The van der Waals surface area contributed by atoms with E-state index in [-0.39, 0.29) is 0 Å². The van der Waals surface area contributed by atoms with Crippen molar-refractivity contribution in [2.45, 2.75) is 57.9 Å². The monoisotopic (exact) mass is 224 g/mol. The molecule has 0 aromatic carbocycles.